The highest BCUT2D eigenvalue weighted by molar-refractivity contribution is 9.10. The lowest BCUT2D eigenvalue weighted by atomic mass is 10.5. The maximum absolute atomic E-state index is 10.6. The Kier molecular flexibility index (Phi) is 2.91. The summed E-state index contributed by atoms with van der Waals surface area (Å²) in [6.45, 7) is 0.299. The number of halogens is 1. The van der Waals surface area contributed by atoms with Crippen LogP contribution in [-0.4, -0.2) is 24.7 Å². The molecule has 16 heavy (non-hydrogen) atoms. The molecule has 7 nitrogen and oxygen atoms in total. The average Bonchev–Trinajstić information content (AvgIpc) is 2.61. The van der Waals surface area contributed by atoms with Gasteiger partial charge in [0.25, 0.3) is 0 Å². The molecule has 0 bridgehead atoms. The number of aromatic nitrogens is 4. The third kappa shape index (κ3) is 2.22. The van der Waals surface area contributed by atoms with E-state index in [9.17, 15) is 10.1 Å². The summed E-state index contributed by atoms with van der Waals surface area (Å²) in [6.07, 6.45) is 4.74. The molecule has 0 aliphatic carbocycles. The first-order chi connectivity index (χ1) is 7.66. The molecular weight excluding hydrogens is 278 g/mol. The molecule has 0 fully saturated rings. The van der Waals surface area contributed by atoms with Crippen LogP contribution in [0.3, 0.4) is 0 Å². The topological polar surface area (TPSA) is 86.7 Å². The summed E-state index contributed by atoms with van der Waals surface area (Å²) in [5, 5.41) is 14.4. The van der Waals surface area contributed by atoms with Crippen molar-refractivity contribution in [3.63, 3.8) is 0 Å². The van der Waals surface area contributed by atoms with Gasteiger partial charge in [-0.3, -0.25) is 0 Å². The van der Waals surface area contributed by atoms with Crippen LogP contribution < -0.4 is 0 Å². The van der Waals surface area contributed by atoms with E-state index in [1.807, 2.05) is 0 Å². The van der Waals surface area contributed by atoms with Crippen LogP contribution >= 0.6 is 15.9 Å². The predicted octanol–water partition coefficient (Wildman–Crippen LogP) is 1.39. The summed E-state index contributed by atoms with van der Waals surface area (Å²) >= 11 is 3.07. The molecule has 82 valence electrons. The maximum atomic E-state index is 10.6. The summed E-state index contributed by atoms with van der Waals surface area (Å²) < 4.78 is 1.76. The molecule has 0 atom stereocenters. The van der Waals surface area contributed by atoms with Crippen molar-refractivity contribution >= 4 is 21.7 Å². The molecule has 0 aliphatic heterocycles. The fraction of sp³-hybridized carbons (Fsp3) is 0.125. The van der Waals surface area contributed by atoms with Gasteiger partial charge in [0, 0.05) is 12.4 Å². The first-order valence-corrected chi connectivity index (χ1v) is 5.09. The Hall–Kier alpha value is -1.83. The number of nitro groups is 1. The van der Waals surface area contributed by atoms with Crippen molar-refractivity contribution in [2.45, 2.75) is 6.54 Å². The number of nitrogens with zero attached hydrogens (tertiary/aromatic N) is 5. The largest absolute Gasteiger partial charge is 0.404 e. The first-order valence-electron chi connectivity index (χ1n) is 4.30. The van der Waals surface area contributed by atoms with Gasteiger partial charge in [0.2, 0.25) is 0 Å². The number of hydrogen-bond donors (Lipinski definition) is 0. The Morgan fingerprint density at radius 3 is 2.69 bits per heavy atom. The molecule has 0 spiro atoms. The molecule has 2 heterocycles. The van der Waals surface area contributed by atoms with Crippen molar-refractivity contribution < 1.29 is 4.92 Å². The van der Waals surface area contributed by atoms with Crippen LogP contribution in [-0.2, 0) is 6.54 Å². The molecule has 2 aromatic rings. The average molecular weight is 284 g/mol. The molecule has 2 rings (SSSR count). The van der Waals surface area contributed by atoms with Gasteiger partial charge in [-0.25, -0.2) is 9.97 Å². The molecule has 0 radical (unpaired) electrons. The summed E-state index contributed by atoms with van der Waals surface area (Å²) in [5.41, 5.74) is 0. The van der Waals surface area contributed by atoms with E-state index in [2.05, 4.69) is 31.0 Å². The lowest BCUT2D eigenvalue weighted by molar-refractivity contribution is -0.390. The summed E-state index contributed by atoms with van der Waals surface area (Å²) in [6, 6.07) is 1.70. The van der Waals surface area contributed by atoms with Gasteiger partial charge in [-0.05, 0) is 26.9 Å². The van der Waals surface area contributed by atoms with Crippen molar-refractivity contribution in [2.24, 2.45) is 0 Å². The van der Waals surface area contributed by atoms with Gasteiger partial charge in [0.1, 0.15) is 11.0 Å². The monoisotopic (exact) mass is 283 g/mol. The smallest absolute Gasteiger partial charge is 0.358 e. The van der Waals surface area contributed by atoms with E-state index in [1.165, 1.54) is 10.9 Å². The molecule has 0 aliphatic rings. The third-order valence-electron chi connectivity index (χ3n) is 1.79. The Labute approximate surface area is 98.4 Å². The molecule has 0 saturated carbocycles. The molecule has 0 amide bonds. The van der Waals surface area contributed by atoms with Crippen LogP contribution in [0.5, 0.6) is 0 Å². The molecule has 2 aromatic heterocycles. The van der Waals surface area contributed by atoms with Crippen molar-refractivity contribution in [1.82, 2.24) is 19.7 Å². The second-order valence-corrected chi connectivity index (χ2v) is 3.77. The number of hydrogen-bond acceptors (Lipinski definition) is 5. The Bertz CT molecular complexity index is 512. The Morgan fingerprint density at radius 2 is 2.12 bits per heavy atom. The molecular formula is C8H6BrN5O2. The van der Waals surface area contributed by atoms with Crippen LogP contribution in [0, 0.1) is 10.1 Å². The lowest BCUT2D eigenvalue weighted by Crippen LogP contribution is -2.04. The van der Waals surface area contributed by atoms with E-state index in [0.717, 1.165) is 0 Å². The van der Waals surface area contributed by atoms with Crippen LogP contribution in [0.4, 0.5) is 5.82 Å². The maximum Gasteiger partial charge on any atom is 0.404 e. The molecule has 0 saturated heterocycles. The normalized spacial score (nSPS) is 10.3. The first kappa shape index (κ1) is 10.7. The van der Waals surface area contributed by atoms with E-state index >= 15 is 0 Å². The summed E-state index contributed by atoms with van der Waals surface area (Å²) in [7, 11) is 0. The van der Waals surface area contributed by atoms with E-state index in [0.29, 0.717) is 16.8 Å². The van der Waals surface area contributed by atoms with Gasteiger partial charge in [-0.2, -0.15) is 4.68 Å². The van der Waals surface area contributed by atoms with Crippen LogP contribution in [0.25, 0.3) is 0 Å². The standard InChI is InChI=1S/C8H6BrN5O2/c9-6-4-13(12-8(6)14(15)16)5-7-10-2-1-3-11-7/h1-4H,5H2. The third-order valence-corrected chi connectivity index (χ3v) is 2.35. The fourth-order valence-electron chi connectivity index (χ4n) is 1.15. The van der Waals surface area contributed by atoms with Crippen molar-refractivity contribution in [3.05, 3.63) is 45.1 Å². The quantitative estimate of drug-likeness (QED) is 0.628. The highest BCUT2D eigenvalue weighted by Gasteiger charge is 2.18. The Morgan fingerprint density at radius 1 is 1.44 bits per heavy atom. The minimum Gasteiger partial charge on any atom is -0.358 e. The number of rotatable bonds is 3. The van der Waals surface area contributed by atoms with Crippen molar-refractivity contribution in [2.75, 3.05) is 0 Å². The zero-order valence-corrected chi connectivity index (χ0v) is 9.53. The molecule has 0 aromatic carbocycles. The molecule has 8 heteroatoms. The summed E-state index contributed by atoms with van der Waals surface area (Å²) in [5.74, 6) is 0.336. The van der Waals surface area contributed by atoms with Gasteiger partial charge in [0.05, 0.1) is 11.3 Å². The zero-order valence-electron chi connectivity index (χ0n) is 7.95. The predicted molar refractivity (Wildman–Crippen MR) is 57.7 cm³/mol. The van der Waals surface area contributed by atoms with Gasteiger partial charge in [0.15, 0.2) is 5.82 Å². The van der Waals surface area contributed by atoms with Gasteiger partial charge in [-0.1, -0.05) is 0 Å². The van der Waals surface area contributed by atoms with E-state index in [-0.39, 0.29) is 5.82 Å². The second-order valence-electron chi connectivity index (χ2n) is 2.92. The van der Waals surface area contributed by atoms with E-state index < -0.39 is 4.92 Å². The Balaban J connectivity index is 2.23. The summed E-state index contributed by atoms with van der Waals surface area (Å²) in [4.78, 5) is 18.0. The minimum atomic E-state index is -0.549. The van der Waals surface area contributed by atoms with Crippen LogP contribution in [0.2, 0.25) is 0 Å². The van der Waals surface area contributed by atoms with Crippen LogP contribution in [0.1, 0.15) is 5.82 Å². The highest BCUT2D eigenvalue weighted by Crippen LogP contribution is 2.22. The van der Waals surface area contributed by atoms with Gasteiger partial charge >= 0.3 is 5.82 Å². The second kappa shape index (κ2) is 4.35. The lowest BCUT2D eigenvalue weighted by Gasteiger charge is -1.94. The minimum absolute atomic E-state index is 0.212. The zero-order chi connectivity index (χ0) is 11.5. The van der Waals surface area contributed by atoms with Crippen molar-refractivity contribution in [1.29, 1.82) is 0 Å². The van der Waals surface area contributed by atoms with E-state index in [1.54, 1.807) is 18.5 Å². The fourth-order valence-corrected chi connectivity index (χ4v) is 1.61. The van der Waals surface area contributed by atoms with Gasteiger partial charge < -0.3 is 10.1 Å². The molecule has 0 unspecified atom stereocenters. The SMILES string of the molecule is O=[N+]([O-])c1nn(Cc2ncccn2)cc1Br. The van der Waals surface area contributed by atoms with Gasteiger partial charge in [-0.15, -0.1) is 0 Å². The highest BCUT2D eigenvalue weighted by atomic mass is 79.9. The van der Waals surface area contributed by atoms with Crippen LogP contribution in [0.15, 0.2) is 29.1 Å². The van der Waals surface area contributed by atoms with E-state index in [4.69, 9.17) is 0 Å². The molecule has 0 N–H and O–H groups in total. The van der Waals surface area contributed by atoms with Crippen molar-refractivity contribution in [3.8, 4) is 0 Å².